The topological polar surface area (TPSA) is 96.8 Å². The van der Waals surface area contributed by atoms with Crippen LogP contribution in [0, 0.1) is 5.41 Å². The standard InChI is InChI=1S/C39H41F5N2O4/c1-37(25-29-5-14-32(45)15-6-29,26-30-7-16-33(46)17-8-30)27-49-36(47)22-11-28-9-18-35(19-10-28)50-39(43,44)31-12-20-34(21-13-31)48-24-4-2-3-23-38(40,41)42/h5-22H,2-4,23-27,45-46H2,1H3/b22-11+. The zero-order valence-corrected chi connectivity index (χ0v) is 27.7. The highest BCUT2D eigenvalue weighted by atomic mass is 19.4. The molecule has 4 aromatic carbocycles. The molecule has 0 aromatic heterocycles. The summed E-state index contributed by atoms with van der Waals surface area (Å²) >= 11 is 0. The molecule has 266 valence electrons. The van der Waals surface area contributed by atoms with E-state index in [0.29, 0.717) is 48.4 Å². The number of nitrogen functional groups attached to an aromatic ring is 2. The SMILES string of the molecule is CC(COC(=O)/C=C/c1ccc(OC(F)(F)c2ccc(OCCCCCC(F)(F)F)cc2)cc1)(Cc1ccc(N)cc1)Cc1ccc(N)cc1. The first kappa shape index (κ1) is 37.8. The van der Waals surface area contributed by atoms with Crippen LogP contribution in [0.3, 0.4) is 0 Å². The lowest BCUT2D eigenvalue weighted by Gasteiger charge is -2.29. The molecule has 0 heterocycles. The number of carbonyl (C=O) groups is 1. The maximum absolute atomic E-state index is 14.9. The normalized spacial score (nSPS) is 12.2. The summed E-state index contributed by atoms with van der Waals surface area (Å²) in [5.41, 5.74) is 14.9. The number of halogens is 5. The van der Waals surface area contributed by atoms with Crippen molar-refractivity contribution in [3.63, 3.8) is 0 Å². The number of rotatable bonds is 17. The molecule has 11 heteroatoms. The zero-order valence-electron chi connectivity index (χ0n) is 27.7. The van der Waals surface area contributed by atoms with Crippen molar-refractivity contribution in [3.8, 4) is 11.5 Å². The van der Waals surface area contributed by atoms with E-state index in [2.05, 4.69) is 0 Å². The molecule has 0 saturated carbocycles. The lowest BCUT2D eigenvalue weighted by molar-refractivity contribution is -0.185. The van der Waals surface area contributed by atoms with E-state index < -0.39 is 35.7 Å². The molecule has 0 saturated heterocycles. The summed E-state index contributed by atoms with van der Waals surface area (Å²) in [6.45, 7) is 2.37. The second-order valence-electron chi connectivity index (χ2n) is 12.6. The van der Waals surface area contributed by atoms with E-state index in [9.17, 15) is 26.7 Å². The molecule has 0 unspecified atom stereocenters. The molecule has 0 atom stereocenters. The van der Waals surface area contributed by atoms with Crippen molar-refractivity contribution in [2.75, 3.05) is 24.7 Å². The molecule has 0 fully saturated rings. The Morgan fingerprint density at radius 2 is 1.24 bits per heavy atom. The Bertz CT molecular complexity index is 1630. The summed E-state index contributed by atoms with van der Waals surface area (Å²) in [7, 11) is 0. The fourth-order valence-corrected chi connectivity index (χ4v) is 5.27. The van der Waals surface area contributed by atoms with Gasteiger partial charge in [-0.25, -0.2) is 4.79 Å². The second kappa shape index (κ2) is 17.0. The van der Waals surface area contributed by atoms with Crippen LogP contribution in [0.2, 0.25) is 0 Å². The van der Waals surface area contributed by atoms with Crippen LogP contribution in [0.4, 0.5) is 33.3 Å². The maximum atomic E-state index is 14.9. The zero-order chi connectivity index (χ0) is 36.2. The van der Waals surface area contributed by atoms with Crippen LogP contribution in [0.1, 0.15) is 54.9 Å². The number of alkyl halides is 5. The Morgan fingerprint density at radius 1 is 0.700 bits per heavy atom. The fraction of sp³-hybridized carbons (Fsp3) is 0.308. The first-order chi connectivity index (χ1) is 23.7. The third-order valence-electron chi connectivity index (χ3n) is 7.89. The molecule has 6 nitrogen and oxygen atoms in total. The number of ether oxygens (including phenoxy) is 3. The Kier molecular flexibility index (Phi) is 12.9. The van der Waals surface area contributed by atoms with E-state index >= 15 is 0 Å². The third kappa shape index (κ3) is 12.8. The number of benzene rings is 4. The summed E-state index contributed by atoms with van der Waals surface area (Å²) in [4.78, 5) is 12.7. The van der Waals surface area contributed by atoms with Gasteiger partial charge in [0.05, 0.1) is 18.8 Å². The van der Waals surface area contributed by atoms with Gasteiger partial charge >= 0.3 is 18.3 Å². The van der Waals surface area contributed by atoms with Crippen LogP contribution in [0.15, 0.2) is 103 Å². The van der Waals surface area contributed by atoms with Crippen molar-refractivity contribution in [2.45, 2.75) is 57.7 Å². The quantitative estimate of drug-likeness (QED) is 0.0375. The van der Waals surface area contributed by atoms with Crippen molar-refractivity contribution in [3.05, 3.63) is 125 Å². The fourth-order valence-electron chi connectivity index (χ4n) is 5.27. The van der Waals surface area contributed by atoms with Gasteiger partial charge < -0.3 is 25.7 Å². The van der Waals surface area contributed by atoms with Gasteiger partial charge in [0.15, 0.2) is 0 Å². The first-order valence-corrected chi connectivity index (χ1v) is 16.2. The van der Waals surface area contributed by atoms with E-state index in [4.69, 9.17) is 25.7 Å². The number of unbranched alkanes of at least 4 members (excludes halogenated alkanes) is 2. The molecule has 0 amide bonds. The van der Waals surface area contributed by atoms with E-state index in [-0.39, 0.29) is 25.4 Å². The molecule has 4 aromatic rings. The van der Waals surface area contributed by atoms with Gasteiger partial charge in [-0.1, -0.05) is 43.3 Å². The van der Waals surface area contributed by atoms with Gasteiger partial charge in [-0.15, -0.1) is 0 Å². The minimum Gasteiger partial charge on any atom is -0.494 e. The largest absolute Gasteiger partial charge is 0.494 e. The van der Waals surface area contributed by atoms with Crippen LogP contribution in [0.5, 0.6) is 11.5 Å². The van der Waals surface area contributed by atoms with Gasteiger partial charge in [0.25, 0.3) is 0 Å². The van der Waals surface area contributed by atoms with Crippen molar-refractivity contribution in [1.82, 2.24) is 0 Å². The average molecular weight is 697 g/mol. The predicted octanol–water partition coefficient (Wildman–Crippen LogP) is 9.53. The van der Waals surface area contributed by atoms with E-state index in [1.165, 1.54) is 48.6 Å². The third-order valence-corrected chi connectivity index (χ3v) is 7.89. The van der Waals surface area contributed by atoms with E-state index in [0.717, 1.165) is 23.3 Å². The summed E-state index contributed by atoms with van der Waals surface area (Å²) in [6.07, 6.45) is -3.82. The van der Waals surface area contributed by atoms with Gasteiger partial charge in [0.2, 0.25) is 0 Å². The Labute approximate surface area is 288 Å². The Morgan fingerprint density at radius 3 is 1.78 bits per heavy atom. The van der Waals surface area contributed by atoms with Crippen molar-refractivity contribution >= 4 is 23.4 Å². The number of esters is 1. The van der Waals surface area contributed by atoms with Gasteiger partial charge in [0.1, 0.15) is 11.5 Å². The highest BCUT2D eigenvalue weighted by molar-refractivity contribution is 5.87. The monoisotopic (exact) mass is 696 g/mol. The van der Waals surface area contributed by atoms with Crippen LogP contribution in [-0.2, 0) is 28.5 Å². The molecule has 0 spiro atoms. The number of hydrogen-bond donors (Lipinski definition) is 2. The number of hydrogen-bond acceptors (Lipinski definition) is 6. The maximum Gasteiger partial charge on any atom is 0.426 e. The predicted molar refractivity (Wildman–Crippen MR) is 185 cm³/mol. The minimum absolute atomic E-state index is 0.0118. The summed E-state index contributed by atoms with van der Waals surface area (Å²) in [5, 5.41) is 0. The molecule has 0 aliphatic heterocycles. The van der Waals surface area contributed by atoms with Crippen LogP contribution >= 0.6 is 0 Å². The van der Waals surface area contributed by atoms with Gasteiger partial charge in [-0.2, -0.15) is 22.0 Å². The molecule has 0 aliphatic carbocycles. The Balaban J connectivity index is 1.28. The molecule has 0 aliphatic rings. The lowest BCUT2D eigenvalue weighted by Crippen LogP contribution is -2.30. The summed E-state index contributed by atoms with van der Waals surface area (Å²) in [6, 6.07) is 26.0. The number of carbonyl (C=O) groups excluding carboxylic acids is 1. The average Bonchev–Trinajstić information content (AvgIpc) is 3.07. The van der Waals surface area contributed by atoms with Gasteiger partial charge in [0, 0.05) is 29.3 Å². The molecule has 4 rings (SSSR count). The molecule has 4 N–H and O–H groups in total. The Hall–Kier alpha value is -5.06. The minimum atomic E-state index is -4.18. The highest BCUT2D eigenvalue weighted by Gasteiger charge is 2.34. The van der Waals surface area contributed by atoms with Crippen molar-refractivity contribution in [1.29, 1.82) is 0 Å². The smallest absolute Gasteiger partial charge is 0.426 e. The van der Waals surface area contributed by atoms with Crippen LogP contribution < -0.4 is 20.9 Å². The van der Waals surface area contributed by atoms with Gasteiger partial charge in [-0.05, 0) is 116 Å². The van der Waals surface area contributed by atoms with Crippen molar-refractivity contribution < 1.29 is 41.0 Å². The van der Waals surface area contributed by atoms with Crippen molar-refractivity contribution in [2.24, 2.45) is 5.41 Å². The van der Waals surface area contributed by atoms with E-state index in [1.54, 1.807) is 0 Å². The first-order valence-electron chi connectivity index (χ1n) is 16.2. The molecular weight excluding hydrogens is 655 g/mol. The van der Waals surface area contributed by atoms with Gasteiger partial charge in [-0.3, -0.25) is 0 Å². The molecule has 0 bridgehead atoms. The summed E-state index contributed by atoms with van der Waals surface area (Å²) < 4.78 is 82.5. The van der Waals surface area contributed by atoms with E-state index in [1.807, 2.05) is 55.5 Å². The summed E-state index contributed by atoms with van der Waals surface area (Å²) in [5.74, 6) is -0.315. The van der Waals surface area contributed by atoms with Crippen LogP contribution in [-0.4, -0.2) is 25.4 Å². The highest BCUT2D eigenvalue weighted by Crippen LogP contribution is 2.33. The molecule has 0 radical (unpaired) electrons. The van der Waals surface area contributed by atoms with Crippen LogP contribution in [0.25, 0.3) is 6.08 Å². The molecule has 50 heavy (non-hydrogen) atoms. The molecular formula is C39H41F5N2O4. The number of nitrogens with two attached hydrogens (primary N) is 2. The number of anilines is 2. The second-order valence-corrected chi connectivity index (χ2v) is 12.6. The lowest BCUT2D eigenvalue weighted by atomic mass is 9.79.